The van der Waals surface area contributed by atoms with Gasteiger partial charge in [-0.25, -0.2) is 0 Å². The van der Waals surface area contributed by atoms with E-state index in [0.717, 1.165) is 17.7 Å². The van der Waals surface area contributed by atoms with Crippen LogP contribution in [0.1, 0.15) is 24.5 Å². The summed E-state index contributed by atoms with van der Waals surface area (Å²) in [5.74, 6) is 0.182. The Bertz CT molecular complexity index is 711. The molecule has 132 valence electrons. The van der Waals surface area contributed by atoms with Crippen LogP contribution in [-0.4, -0.2) is 25.5 Å². The summed E-state index contributed by atoms with van der Waals surface area (Å²) in [6.45, 7) is 2.53. The van der Waals surface area contributed by atoms with Gasteiger partial charge in [-0.3, -0.25) is 9.59 Å². The van der Waals surface area contributed by atoms with Crippen LogP contribution < -0.4 is 15.4 Å². The van der Waals surface area contributed by atoms with Crippen LogP contribution in [0.25, 0.3) is 0 Å². The van der Waals surface area contributed by atoms with Gasteiger partial charge in [-0.15, -0.1) is 0 Å². The highest BCUT2D eigenvalue weighted by Gasteiger charge is 2.10. The Morgan fingerprint density at radius 3 is 2.40 bits per heavy atom. The first-order chi connectivity index (χ1) is 12.1. The molecule has 2 aromatic rings. The molecule has 0 saturated carbocycles. The third kappa shape index (κ3) is 5.95. The zero-order chi connectivity index (χ0) is 18.1. The third-order valence-electron chi connectivity index (χ3n) is 3.88. The summed E-state index contributed by atoms with van der Waals surface area (Å²) in [7, 11) is 1.62. The maximum atomic E-state index is 11.9. The number of ether oxygens (including phenoxy) is 1. The molecule has 0 bridgehead atoms. The molecule has 0 aliphatic carbocycles. The van der Waals surface area contributed by atoms with Crippen molar-refractivity contribution >= 4 is 17.5 Å². The van der Waals surface area contributed by atoms with Crippen LogP contribution in [-0.2, 0) is 22.4 Å². The maximum Gasteiger partial charge on any atom is 0.233 e. The normalized spacial score (nSPS) is 10.2. The second-order valence-corrected chi connectivity index (χ2v) is 5.69. The molecule has 0 aliphatic heterocycles. The van der Waals surface area contributed by atoms with Gasteiger partial charge in [0.05, 0.1) is 7.11 Å². The lowest BCUT2D eigenvalue weighted by Gasteiger charge is -2.09. The molecular formula is C20H24N2O3. The lowest BCUT2D eigenvalue weighted by molar-refractivity contribution is -0.126. The number of aryl methyl sites for hydroxylation is 1. The minimum Gasteiger partial charge on any atom is -0.496 e. The molecule has 2 N–H and O–H groups in total. The number of para-hydroxylation sites is 1. The molecule has 25 heavy (non-hydrogen) atoms. The predicted octanol–water partition coefficient (Wildman–Crippen LogP) is 2.95. The first-order valence-corrected chi connectivity index (χ1v) is 8.39. The first-order valence-electron chi connectivity index (χ1n) is 8.39. The van der Waals surface area contributed by atoms with Crippen LogP contribution in [0.2, 0.25) is 0 Å². The zero-order valence-corrected chi connectivity index (χ0v) is 14.7. The highest BCUT2D eigenvalue weighted by atomic mass is 16.5. The van der Waals surface area contributed by atoms with Crippen LogP contribution in [0, 0.1) is 0 Å². The Kier molecular flexibility index (Phi) is 7.01. The molecule has 2 aromatic carbocycles. The van der Waals surface area contributed by atoms with Crippen LogP contribution in [0.4, 0.5) is 5.69 Å². The topological polar surface area (TPSA) is 67.4 Å². The Morgan fingerprint density at radius 1 is 1.00 bits per heavy atom. The molecule has 2 rings (SSSR count). The lowest BCUT2D eigenvalue weighted by atomic mass is 10.1. The minimum atomic E-state index is -0.320. The van der Waals surface area contributed by atoms with E-state index in [9.17, 15) is 9.59 Å². The molecule has 0 aromatic heterocycles. The number of nitrogens with one attached hydrogen (secondary N) is 2. The van der Waals surface area contributed by atoms with E-state index in [2.05, 4.69) is 17.6 Å². The molecule has 0 saturated heterocycles. The molecule has 5 nitrogen and oxygen atoms in total. The SMILES string of the molecule is CCc1ccc(NC(=O)CC(=O)NCCc2ccccc2OC)cc1. The van der Waals surface area contributed by atoms with Crippen molar-refractivity contribution in [2.24, 2.45) is 0 Å². The summed E-state index contributed by atoms with van der Waals surface area (Å²) < 4.78 is 5.27. The Balaban J connectivity index is 1.74. The van der Waals surface area contributed by atoms with E-state index in [4.69, 9.17) is 4.74 Å². The lowest BCUT2D eigenvalue weighted by Crippen LogP contribution is -2.29. The molecule has 0 spiro atoms. The molecule has 0 unspecified atom stereocenters. The average Bonchev–Trinajstić information content (AvgIpc) is 2.62. The van der Waals surface area contributed by atoms with E-state index in [-0.39, 0.29) is 18.2 Å². The summed E-state index contributed by atoms with van der Waals surface area (Å²) in [6.07, 6.45) is 1.40. The molecule has 2 amide bonds. The van der Waals surface area contributed by atoms with Gasteiger partial charge in [0, 0.05) is 12.2 Å². The van der Waals surface area contributed by atoms with Crippen molar-refractivity contribution in [3.63, 3.8) is 0 Å². The van der Waals surface area contributed by atoms with Crippen molar-refractivity contribution in [3.8, 4) is 5.75 Å². The van der Waals surface area contributed by atoms with Gasteiger partial charge in [0.2, 0.25) is 11.8 Å². The van der Waals surface area contributed by atoms with Crippen molar-refractivity contribution in [2.45, 2.75) is 26.2 Å². The van der Waals surface area contributed by atoms with Crippen LogP contribution in [0.15, 0.2) is 48.5 Å². The molecule has 5 heteroatoms. The van der Waals surface area contributed by atoms with Crippen molar-refractivity contribution in [1.29, 1.82) is 0 Å². The van der Waals surface area contributed by atoms with Gasteiger partial charge in [0.15, 0.2) is 0 Å². The fourth-order valence-corrected chi connectivity index (χ4v) is 2.48. The van der Waals surface area contributed by atoms with Crippen molar-refractivity contribution in [1.82, 2.24) is 5.32 Å². The smallest absolute Gasteiger partial charge is 0.233 e. The quantitative estimate of drug-likeness (QED) is 0.726. The number of hydrogen-bond donors (Lipinski definition) is 2. The zero-order valence-electron chi connectivity index (χ0n) is 14.7. The van der Waals surface area contributed by atoms with Crippen LogP contribution in [0.3, 0.4) is 0 Å². The summed E-state index contributed by atoms with van der Waals surface area (Å²) in [5, 5.41) is 5.49. The first kappa shape index (κ1) is 18.5. The highest BCUT2D eigenvalue weighted by Crippen LogP contribution is 2.17. The Labute approximate surface area is 148 Å². The number of anilines is 1. The molecule has 0 heterocycles. The number of hydrogen-bond acceptors (Lipinski definition) is 3. The monoisotopic (exact) mass is 340 g/mol. The van der Waals surface area contributed by atoms with Gasteiger partial charge in [-0.1, -0.05) is 37.3 Å². The summed E-state index contributed by atoms with van der Waals surface area (Å²) in [6, 6.07) is 15.3. The minimum absolute atomic E-state index is 0.193. The van der Waals surface area contributed by atoms with E-state index in [1.165, 1.54) is 5.56 Å². The molecule has 0 atom stereocenters. The molecule has 0 fully saturated rings. The standard InChI is InChI=1S/C20H24N2O3/c1-3-15-8-10-17(11-9-15)22-20(24)14-19(23)21-13-12-16-6-4-5-7-18(16)25-2/h4-11H,3,12-14H2,1-2H3,(H,21,23)(H,22,24). The summed E-state index contributed by atoms with van der Waals surface area (Å²) in [5.41, 5.74) is 2.92. The van der Waals surface area contributed by atoms with Crippen LogP contribution in [0.5, 0.6) is 5.75 Å². The van der Waals surface area contributed by atoms with E-state index in [1.54, 1.807) is 7.11 Å². The summed E-state index contributed by atoms with van der Waals surface area (Å²) >= 11 is 0. The Morgan fingerprint density at radius 2 is 1.72 bits per heavy atom. The third-order valence-corrected chi connectivity index (χ3v) is 3.88. The fourth-order valence-electron chi connectivity index (χ4n) is 2.48. The van der Waals surface area contributed by atoms with E-state index in [0.29, 0.717) is 18.7 Å². The van der Waals surface area contributed by atoms with Gasteiger partial charge in [0.1, 0.15) is 12.2 Å². The van der Waals surface area contributed by atoms with Crippen molar-refractivity contribution in [2.75, 3.05) is 19.0 Å². The molecular weight excluding hydrogens is 316 g/mol. The van der Waals surface area contributed by atoms with Crippen molar-refractivity contribution < 1.29 is 14.3 Å². The van der Waals surface area contributed by atoms with E-state index >= 15 is 0 Å². The van der Waals surface area contributed by atoms with Crippen molar-refractivity contribution in [3.05, 3.63) is 59.7 Å². The highest BCUT2D eigenvalue weighted by molar-refractivity contribution is 6.03. The van der Waals surface area contributed by atoms with E-state index in [1.807, 2.05) is 48.5 Å². The van der Waals surface area contributed by atoms with Gasteiger partial charge >= 0.3 is 0 Å². The summed E-state index contributed by atoms with van der Waals surface area (Å²) in [4.78, 5) is 23.8. The van der Waals surface area contributed by atoms with Gasteiger partial charge < -0.3 is 15.4 Å². The number of carbonyl (C=O) groups is 2. The number of methoxy groups -OCH3 is 1. The molecule has 0 aliphatic rings. The predicted molar refractivity (Wildman–Crippen MR) is 98.8 cm³/mol. The van der Waals surface area contributed by atoms with Gasteiger partial charge in [-0.2, -0.15) is 0 Å². The van der Waals surface area contributed by atoms with E-state index < -0.39 is 0 Å². The largest absolute Gasteiger partial charge is 0.496 e. The number of rotatable bonds is 8. The number of amides is 2. The maximum absolute atomic E-state index is 11.9. The number of benzene rings is 2. The van der Waals surface area contributed by atoms with Gasteiger partial charge in [0.25, 0.3) is 0 Å². The average molecular weight is 340 g/mol. The van der Waals surface area contributed by atoms with Crippen LogP contribution >= 0.6 is 0 Å². The second-order valence-electron chi connectivity index (χ2n) is 5.69. The molecule has 0 radical (unpaired) electrons. The Hall–Kier alpha value is -2.82. The second kappa shape index (κ2) is 9.47. The fraction of sp³-hybridized carbons (Fsp3) is 0.300. The van der Waals surface area contributed by atoms with Gasteiger partial charge in [-0.05, 0) is 42.2 Å². The number of carbonyl (C=O) groups excluding carboxylic acids is 2.